The van der Waals surface area contributed by atoms with Crippen LogP contribution in [0.4, 0.5) is 20.3 Å². The van der Waals surface area contributed by atoms with Crippen molar-refractivity contribution in [1.29, 1.82) is 0 Å². The zero-order valence-electron chi connectivity index (χ0n) is 17.0. The van der Waals surface area contributed by atoms with E-state index in [0.29, 0.717) is 29.9 Å². The van der Waals surface area contributed by atoms with Crippen molar-refractivity contribution in [3.63, 3.8) is 0 Å². The van der Waals surface area contributed by atoms with Gasteiger partial charge in [0.2, 0.25) is 0 Å². The third-order valence-electron chi connectivity index (χ3n) is 5.29. The second-order valence-electron chi connectivity index (χ2n) is 7.47. The van der Waals surface area contributed by atoms with E-state index in [0.717, 1.165) is 0 Å². The molecule has 1 fully saturated rings. The van der Waals surface area contributed by atoms with Crippen molar-refractivity contribution >= 4 is 17.4 Å². The first-order valence-electron chi connectivity index (χ1n) is 10.0. The van der Waals surface area contributed by atoms with Crippen LogP contribution >= 0.6 is 0 Å². The van der Waals surface area contributed by atoms with Crippen LogP contribution in [-0.2, 0) is 0 Å². The normalized spacial score (nSPS) is 20.0. The second kappa shape index (κ2) is 8.89. The van der Waals surface area contributed by atoms with Crippen LogP contribution in [0.1, 0.15) is 29.8 Å². The first-order chi connectivity index (χ1) is 15.4. The summed E-state index contributed by atoms with van der Waals surface area (Å²) in [5.74, 6) is -3.27. The van der Waals surface area contributed by atoms with E-state index in [1.165, 1.54) is 17.4 Å². The monoisotopic (exact) mass is 440 g/mol. The topological polar surface area (TPSA) is 136 Å². The molecule has 1 saturated carbocycles. The number of carbonyl (C=O) groups is 1. The highest BCUT2D eigenvalue weighted by atomic mass is 19.3. The minimum Gasteiger partial charge on any atom is -0.364 e. The second-order valence-corrected chi connectivity index (χ2v) is 7.47. The number of hydrazine groups is 1. The van der Waals surface area contributed by atoms with Gasteiger partial charge in [-0.2, -0.15) is 0 Å². The molecule has 0 radical (unpaired) electrons. The molecule has 1 amide bonds. The number of amides is 1. The van der Waals surface area contributed by atoms with Crippen LogP contribution < -0.4 is 21.9 Å². The lowest BCUT2D eigenvalue weighted by atomic mass is 9.88. The molecular formula is C21H22F2N8O. The summed E-state index contributed by atoms with van der Waals surface area (Å²) in [6.45, 7) is 0. The summed E-state index contributed by atoms with van der Waals surface area (Å²) in [7, 11) is 0. The number of nitrogens with one attached hydrogen (secondary N) is 1. The van der Waals surface area contributed by atoms with E-state index in [9.17, 15) is 13.6 Å². The number of aromatic nitrogens is 4. The third kappa shape index (κ3) is 4.39. The molecular weight excluding hydrogens is 418 g/mol. The molecule has 1 aliphatic carbocycles. The number of primary amides is 1. The Bertz CT molecular complexity index is 1100. The van der Waals surface area contributed by atoms with Crippen LogP contribution in [0.25, 0.3) is 11.4 Å². The number of hydrogen-bond donors (Lipinski definition) is 3. The molecule has 0 aliphatic heterocycles. The van der Waals surface area contributed by atoms with Crippen LogP contribution in [-0.4, -0.2) is 43.8 Å². The number of nitrogens with zero attached hydrogens (tertiary/aromatic N) is 5. The minimum absolute atomic E-state index is 0.0761. The van der Waals surface area contributed by atoms with Crippen molar-refractivity contribution in [2.75, 3.05) is 5.01 Å². The zero-order chi connectivity index (χ0) is 22.7. The number of alkyl halides is 2. The van der Waals surface area contributed by atoms with E-state index in [1.807, 2.05) is 6.07 Å². The maximum atomic E-state index is 14.3. The summed E-state index contributed by atoms with van der Waals surface area (Å²) >= 11 is 0. The smallest absolute Gasteiger partial charge is 0.271 e. The van der Waals surface area contributed by atoms with E-state index in [2.05, 4.69) is 25.4 Å². The van der Waals surface area contributed by atoms with Crippen molar-refractivity contribution in [1.82, 2.24) is 25.4 Å². The van der Waals surface area contributed by atoms with Gasteiger partial charge in [-0.25, -0.2) is 34.1 Å². The number of hydrogen-bond acceptors (Lipinski definition) is 8. The van der Waals surface area contributed by atoms with Gasteiger partial charge in [-0.1, -0.05) is 12.1 Å². The molecule has 0 spiro atoms. The lowest BCUT2D eigenvalue weighted by Crippen LogP contribution is -2.60. The predicted octanol–water partition coefficient (Wildman–Crippen LogP) is 2.19. The molecule has 2 atom stereocenters. The van der Waals surface area contributed by atoms with E-state index in [-0.39, 0.29) is 17.9 Å². The summed E-state index contributed by atoms with van der Waals surface area (Å²) in [6, 6.07) is 6.53. The Hall–Kier alpha value is -3.57. The van der Waals surface area contributed by atoms with Crippen molar-refractivity contribution in [2.24, 2.45) is 11.5 Å². The maximum absolute atomic E-state index is 14.3. The number of carbonyl (C=O) groups excluding carboxylic acids is 1. The van der Waals surface area contributed by atoms with Gasteiger partial charge in [0.1, 0.15) is 0 Å². The van der Waals surface area contributed by atoms with Crippen LogP contribution in [0.2, 0.25) is 0 Å². The van der Waals surface area contributed by atoms with Crippen LogP contribution in [0.15, 0.2) is 55.1 Å². The number of halogens is 2. The Morgan fingerprint density at radius 2 is 1.84 bits per heavy atom. The van der Waals surface area contributed by atoms with Crippen LogP contribution in [0, 0.1) is 0 Å². The Balaban J connectivity index is 1.78. The molecule has 32 heavy (non-hydrogen) atoms. The highest BCUT2D eigenvalue weighted by Gasteiger charge is 2.45. The molecule has 1 aromatic carbocycles. The quantitative estimate of drug-likeness (QED) is 0.496. The van der Waals surface area contributed by atoms with Crippen LogP contribution in [0.3, 0.4) is 0 Å². The highest BCUT2D eigenvalue weighted by molar-refractivity contribution is 5.96. The van der Waals surface area contributed by atoms with Gasteiger partial charge in [-0.05, 0) is 31.0 Å². The third-order valence-corrected chi connectivity index (χ3v) is 5.29. The van der Waals surface area contributed by atoms with Gasteiger partial charge in [-0.3, -0.25) is 9.80 Å². The summed E-state index contributed by atoms with van der Waals surface area (Å²) in [4.78, 5) is 28.8. The Labute approximate surface area is 182 Å². The summed E-state index contributed by atoms with van der Waals surface area (Å²) in [5.41, 5.74) is 15.5. The summed E-state index contributed by atoms with van der Waals surface area (Å²) < 4.78 is 28.6. The Kier molecular flexibility index (Phi) is 6.01. The Morgan fingerprint density at radius 3 is 2.59 bits per heavy atom. The molecule has 11 heteroatoms. The number of anilines is 2. The fraction of sp³-hybridized carbons (Fsp3) is 0.286. The molecule has 5 N–H and O–H groups in total. The van der Waals surface area contributed by atoms with E-state index >= 15 is 0 Å². The van der Waals surface area contributed by atoms with Gasteiger partial charge in [0.25, 0.3) is 11.8 Å². The van der Waals surface area contributed by atoms with Gasteiger partial charge >= 0.3 is 0 Å². The molecule has 166 valence electrons. The van der Waals surface area contributed by atoms with Gasteiger partial charge < -0.3 is 11.5 Å². The lowest BCUT2D eigenvalue weighted by molar-refractivity contribution is -0.0626. The number of nitrogens with two attached hydrogens (primary N) is 2. The molecule has 0 bridgehead atoms. The molecule has 4 rings (SSSR count). The lowest BCUT2D eigenvalue weighted by Gasteiger charge is -2.39. The van der Waals surface area contributed by atoms with Crippen molar-refractivity contribution < 1.29 is 13.6 Å². The first-order valence-corrected chi connectivity index (χ1v) is 10.0. The molecule has 0 saturated heterocycles. The standard InChI is InChI=1S/C21H22F2N8O/c22-21(23)7-2-6-15(17(21)24)30-31(20-16(18(25)32)26-10-11-29-20)14-5-1-4-13(12-14)19-27-8-3-9-28-19/h1,3-5,8-12,15,17,30H,2,6-7,24H2,(H2,25,32)/t15-,17-/m1/s1. The molecule has 2 aromatic heterocycles. The van der Waals surface area contributed by atoms with Crippen LogP contribution in [0.5, 0.6) is 0 Å². The van der Waals surface area contributed by atoms with E-state index < -0.39 is 23.9 Å². The van der Waals surface area contributed by atoms with Gasteiger partial charge in [-0.15, -0.1) is 0 Å². The van der Waals surface area contributed by atoms with Crippen molar-refractivity contribution in [3.05, 3.63) is 60.8 Å². The largest absolute Gasteiger partial charge is 0.364 e. The molecule has 1 aliphatic rings. The average Bonchev–Trinajstić information content (AvgIpc) is 2.80. The average molecular weight is 440 g/mol. The maximum Gasteiger partial charge on any atom is 0.271 e. The summed E-state index contributed by atoms with van der Waals surface area (Å²) in [5, 5.41) is 1.42. The number of benzene rings is 1. The molecule has 2 heterocycles. The number of rotatable bonds is 6. The highest BCUT2D eigenvalue weighted by Crippen LogP contribution is 2.34. The Morgan fingerprint density at radius 1 is 1.09 bits per heavy atom. The SMILES string of the molecule is NC(=O)c1nccnc1N(N[C@@H]1CCCC(F)(F)[C@@H]1N)c1cccc(-c2ncccn2)c1. The van der Waals surface area contributed by atoms with Gasteiger partial charge in [0, 0.05) is 42.8 Å². The van der Waals surface area contributed by atoms with Crippen molar-refractivity contribution in [2.45, 2.75) is 37.3 Å². The minimum atomic E-state index is -3.02. The molecule has 3 aromatic rings. The molecule has 9 nitrogen and oxygen atoms in total. The first kappa shape index (κ1) is 21.7. The van der Waals surface area contributed by atoms with Gasteiger partial charge in [0.05, 0.1) is 11.7 Å². The van der Waals surface area contributed by atoms with E-state index in [4.69, 9.17) is 11.5 Å². The molecule has 0 unspecified atom stereocenters. The predicted molar refractivity (Wildman–Crippen MR) is 114 cm³/mol. The van der Waals surface area contributed by atoms with E-state index in [1.54, 1.807) is 36.7 Å². The van der Waals surface area contributed by atoms with Crippen molar-refractivity contribution in [3.8, 4) is 11.4 Å². The fourth-order valence-electron chi connectivity index (χ4n) is 3.67. The van der Waals surface area contributed by atoms with Gasteiger partial charge in [0.15, 0.2) is 17.3 Å². The summed E-state index contributed by atoms with van der Waals surface area (Å²) in [6.07, 6.45) is 6.38. The fourth-order valence-corrected chi connectivity index (χ4v) is 3.67. The zero-order valence-corrected chi connectivity index (χ0v) is 17.0.